The Morgan fingerprint density at radius 3 is 3.00 bits per heavy atom. The summed E-state index contributed by atoms with van der Waals surface area (Å²) in [5.41, 5.74) is 10.5. The number of rotatable bonds is 3. The second kappa shape index (κ2) is 5.77. The number of hydrogen-bond donors (Lipinski definition) is 2. The Morgan fingerprint density at radius 2 is 2.24 bits per heavy atom. The third kappa shape index (κ3) is 3.19. The van der Waals surface area contributed by atoms with Crippen LogP contribution in [0.15, 0.2) is 29.4 Å². The van der Waals surface area contributed by atoms with Gasteiger partial charge in [0.05, 0.1) is 11.6 Å². The third-order valence-corrected chi connectivity index (χ3v) is 3.94. The Morgan fingerprint density at radius 1 is 1.43 bits per heavy atom. The lowest BCUT2D eigenvalue weighted by molar-refractivity contribution is 0.743. The summed E-state index contributed by atoms with van der Waals surface area (Å²) in [6.45, 7) is 0.365. The molecule has 0 saturated carbocycles. The molecule has 3 N–H and O–H groups in total. The molecule has 2 aromatic rings. The fourth-order valence-corrected chi connectivity index (χ4v) is 2.85. The van der Waals surface area contributed by atoms with E-state index in [9.17, 15) is 0 Å². The first-order valence-corrected chi connectivity index (χ1v) is 7.36. The first kappa shape index (κ1) is 13.9. The number of aliphatic imine (C=N–C) groups is 1. The van der Waals surface area contributed by atoms with Crippen molar-refractivity contribution in [2.75, 3.05) is 5.32 Å². The fourth-order valence-electron chi connectivity index (χ4n) is 2.61. The van der Waals surface area contributed by atoms with Gasteiger partial charge in [0.1, 0.15) is 5.69 Å². The normalized spacial score (nSPS) is 14.3. The highest BCUT2D eigenvalue weighted by Gasteiger charge is 2.11. The molecule has 0 aliphatic heterocycles. The highest BCUT2D eigenvalue weighted by atomic mass is 35.5. The largest absolute Gasteiger partial charge is 0.370 e. The van der Waals surface area contributed by atoms with Gasteiger partial charge in [0.2, 0.25) is 0 Å². The van der Waals surface area contributed by atoms with Crippen molar-refractivity contribution in [1.29, 1.82) is 0 Å². The zero-order chi connectivity index (χ0) is 14.8. The van der Waals surface area contributed by atoms with Gasteiger partial charge in [0.25, 0.3) is 0 Å². The van der Waals surface area contributed by atoms with Crippen molar-refractivity contribution in [1.82, 2.24) is 9.78 Å². The van der Waals surface area contributed by atoms with E-state index < -0.39 is 0 Å². The van der Waals surface area contributed by atoms with Crippen LogP contribution in [0.4, 0.5) is 5.69 Å². The lowest BCUT2D eigenvalue weighted by Crippen LogP contribution is -2.22. The molecule has 0 radical (unpaired) electrons. The van der Waals surface area contributed by atoms with Crippen molar-refractivity contribution < 1.29 is 0 Å². The summed E-state index contributed by atoms with van der Waals surface area (Å²) in [5.74, 6) is 0.370. The number of halogens is 1. The van der Waals surface area contributed by atoms with Gasteiger partial charge >= 0.3 is 0 Å². The average molecular weight is 304 g/mol. The number of hydrogen-bond acceptors (Lipinski definition) is 2. The molecule has 0 bridgehead atoms. The minimum Gasteiger partial charge on any atom is -0.370 e. The zero-order valence-corrected chi connectivity index (χ0v) is 12.7. The molecule has 3 rings (SSSR count). The van der Waals surface area contributed by atoms with Crippen molar-refractivity contribution in [3.05, 3.63) is 46.2 Å². The summed E-state index contributed by atoms with van der Waals surface area (Å²) < 4.78 is 1.66. The quantitative estimate of drug-likeness (QED) is 0.676. The van der Waals surface area contributed by atoms with Crippen LogP contribution in [0.25, 0.3) is 0 Å². The number of aromatic nitrogens is 2. The number of benzene rings is 1. The van der Waals surface area contributed by atoms with Crippen molar-refractivity contribution in [2.45, 2.75) is 25.8 Å². The van der Waals surface area contributed by atoms with Gasteiger partial charge in [-0.05, 0) is 42.5 Å². The summed E-state index contributed by atoms with van der Waals surface area (Å²) in [4.78, 5) is 4.28. The van der Waals surface area contributed by atoms with Crippen LogP contribution in [-0.2, 0) is 26.4 Å². The fraction of sp³-hybridized carbons (Fsp3) is 0.333. The second-order valence-corrected chi connectivity index (χ2v) is 5.67. The van der Waals surface area contributed by atoms with Gasteiger partial charge in [-0.2, -0.15) is 5.10 Å². The minimum atomic E-state index is 0.365. The molecule has 1 aliphatic rings. The molecule has 1 heterocycles. The summed E-state index contributed by atoms with van der Waals surface area (Å²) in [6, 6.07) is 6.35. The number of nitrogens with one attached hydrogen (secondary N) is 1. The van der Waals surface area contributed by atoms with Crippen LogP contribution >= 0.6 is 11.6 Å². The molecule has 0 saturated heterocycles. The standard InChI is InChI=1S/C15H18ClN5/c1-21-9-13(16)14(20-21)8-18-15(17)19-12-6-5-10-3-2-4-11(10)7-12/h5-7,9H,2-4,8H2,1H3,(H3,17,18,19). The number of fused-ring (bicyclic) bond motifs is 1. The van der Waals surface area contributed by atoms with E-state index in [0.717, 1.165) is 17.8 Å². The van der Waals surface area contributed by atoms with Crippen LogP contribution in [0.5, 0.6) is 0 Å². The van der Waals surface area contributed by atoms with E-state index >= 15 is 0 Å². The lowest BCUT2D eigenvalue weighted by Gasteiger charge is -2.07. The molecule has 1 aromatic heterocycles. The van der Waals surface area contributed by atoms with Crippen LogP contribution in [0.2, 0.25) is 5.02 Å². The molecule has 1 aromatic carbocycles. The lowest BCUT2D eigenvalue weighted by atomic mass is 10.1. The van der Waals surface area contributed by atoms with E-state index in [4.69, 9.17) is 17.3 Å². The topological polar surface area (TPSA) is 68.2 Å². The molecular formula is C15H18ClN5. The molecule has 0 spiro atoms. The molecule has 110 valence electrons. The van der Waals surface area contributed by atoms with Gasteiger partial charge in [0, 0.05) is 18.9 Å². The molecule has 0 amide bonds. The van der Waals surface area contributed by atoms with E-state index in [1.165, 1.54) is 24.0 Å². The molecule has 6 heteroatoms. The Bertz CT molecular complexity index is 689. The molecular weight excluding hydrogens is 286 g/mol. The number of nitrogens with zero attached hydrogens (tertiary/aromatic N) is 3. The van der Waals surface area contributed by atoms with Gasteiger partial charge in [-0.3, -0.25) is 4.68 Å². The first-order chi connectivity index (χ1) is 10.1. The summed E-state index contributed by atoms with van der Waals surface area (Å²) >= 11 is 6.04. The van der Waals surface area contributed by atoms with Crippen LogP contribution in [0.1, 0.15) is 23.2 Å². The minimum absolute atomic E-state index is 0.365. The Kier molecular flexibility index (Phi) is 3.84. The number of anilines is 1. The molecule has 21 heavy (non-hydrogen) atoms. The molecule has 1 aliphatic carbocycles. The van der Waals surface area contributed by atoms with Crippen molar-refractivity contribution in [2.24, 2.45) is 17.8 Å². The first-order valence-electron chi connectivity index (χ1n) is 6.98. The van der Waals surface area contributed by atoms with Gasteiger partial charge in [-0.15, -0.1) is 0 Å². The Hall–Kier alpha value is -2.01. The number of aryl methyl sites for hydroxylation is 3. The second-order valence-electron chi connectivity index (χ2n) is 5.26. The van der Waals surface area contributed by atoms with Gasteiger partial charge in [0.15, 0.2) is 5.96 Å². The van der Waals surface area contributed by atoms with Gasteiger partial charge in [-0.25, -0.2) is 4.99 Å². The summed E-state index contributed by atoms with van der Waals surface area (Å²) in [7, 11) is 1.82. The van der Waals surface area contributed by atoms with Crippen LogP contribution in [0.3, 0.4) is 0 Å². The van der Waals surface area contributed by atoms with E-state index in [1.54, 1.807) is 10.9 Å². The van der Waals surface area contributed by atoms with E-state index in [2.05, 4.69) is 27.5 Å². The van der Waals surface area contributed by atoms with Crippen LogP contribution in [-0.4, -0.2) is 15.7 Å². The van der Waals surface area contributed by atoms with E-state index in [-0.39, 0.29) is 0 Å². The zero-order valence-electron chi connectivity index (χ0n) is 11.9. The Labute approximate surface area is 128 Å². The highest BCUT2D eigenvalue weighted by molar-refractivity contribution is 6.31. The summed E-state index contributed by atoms with van der Waals surface area (Å²) in [6.07, 6.45) is 5.31. The molecule has 0 atom stereocenters. The Balaban J connectivity index is 1.67. The van der Waals surface area contributed by atoms with Crippen LogP contribution in [0, 0.1) is 0 Å². The maximum Gasteiger partial charge on any atom is 0.193 e. The smallest absolute Gasteiger partial charge is 0.193 e. The highest BCUT2D eigenvalue weighted by Crippen LogP contribution is 2.24. The van der Waals surface area contributed by atoms with E-state index in [0.29, 0.717) is 17.5 Å². The van der Waals surface area contributed by atoms with E-state index in [1.807, 2.05) is 13.1 Å². The third-order valence-electron chi connectivity index (χ3n) is 3.62. The molecule has 0 fully saturated rings. The number of guanidine groups is 1. The van der Waals surface area contributed by atoms with Gasteiger partial charge < -0.3 is 11.1 Å². The maximum absolute atomic E-state index is 6.04. The number of nitrogens with two attached hydrogens (primary N) is 1. The van der Waals surface area contributed by atoms with Crippen molar-refractivity contribution in [3.63, 3.8) is 0 Å². The van der Waals surface area contributed by atoms with Crippen molar-refractivity contribution >= 4 is 23.2 Å². The molecule has 5 nitrogen and oxygen atoms in total. The van der Waals surface area contributed by atoms with Gasteiger partial charge in [-0.1, -0.05) is 17.7 Å². The maximum atomic E-state index is 6.04. The van der Waals surface area contributed by atoms with Crippen LogP contribution < -0.4 is 11.1 Å². The monoisotopic (exact) mass is 303 g/mol. The predicted octanol–water partition coefficient (Wildman–Crippen LogP) is 2.49. The summed E-state index contributed by atoms with van der Waals surface area (Å²) in [5, 5.41) is 7.95. The average Bonchev–Trinajstić information content (AvgIpc) is 3.02. The molecule has 0 unspecified atom stereocenters. The SMILES string of the molecule is Cn1cc(Cl)c(CN=C(N)Nc2ccc3c(c2)CCC3)n1. The predicted molar refractivity (Wildman–Crippen MR) is 85.6 cm³/mol. The van der Waals surface area contributed by atoms with Crippen molar-refractivity contribution in [3.8, 4) is 0 Å².